The van der Waals surface area contributed by atoms with Crippen molar-refractivity contribution in [2.75, 3.05) is 18.6 Å². The number of carbonyl (C=O) groups is 1. The normalized spacial score (nSPS) is 13.5. The topological polar surface area (TPSA) is 62.7 Å². The highest BCUT2D eigenvalue weighted by Gasteiger charge is 2.20. The van der Waals surface area contributed by atoms with Crippen LogP contribution in [-0.4, -0.2) is 29.8 Å². The molecule has 0 unspecified atom stereocenters. The zero-order valence-electron chi connectivity index (χ0n) is 8.17. The molecule has 0 saturated carbocycles. The molecule has 15 heavy (non-hydrogen) atoms. The highest BCUT2D eigenvalue weighted by molar-refractivity contribution is 5.89. The fraction of sp³-hybridized carbons (Fsp3) is 0.200. The lowest BCUT2D eigenvalue weighted by Gasteiger charge is -2.22. The van der Waals surface area contributed by atoms with Crippen molar-refractivity contribution in [1.29, 1.82) is 0 Å². The smallest absolute Gasteiger partial charge is 0.413 e. The lowest BCUT2D eigenvalue weighted by molar-refractivity contribution is 0.202. The Hall–Kier alpha value is -2.04. The Labute approximate surface area is 86.6 Å². The second-order valence-corrected chi connectivity index (χ2v) is 3.06. The average Bonchev–Trinajstić information content (AvgIpc) is 2.27. The van der Waals surface area contributed by atoms with Crippen LogP contribution in [0.1, 0.15) is 5.56 Å². The fourth-order valence-electron chi connectivity index (χ4n) is 1.44. The molecule has 1 aromatic rings. The Morgan fingerprint density at radius 1 is 1.60 bits per heavy atom. The van der Waals surface area contributed by atoms with Crippen molar-refractivity contribution >= 4 is 18.0 Å². The predicted molar refractivity (Wildman–Crippen MR) is 55.2 cm³/mol. The Morgan fingerprint density at radius 2 is 2.40 bits per heavy atom. The molecule has 2 rings (SSSR count). The van der Waals surface area contributed by atoms with Gasteiger partial charge < -0.3 is 9.84 Å². The number of hydrogen-bond acceptors (Lipinski definition) is 3. The van der Waals surface area contributed by atoms with Crippen LogP contribution < -0.4 is 9.64 Å². The molecule has 1 aromatic heterocycles. The lowest BCUT2D eigenvalue weighted by atomic mass is 10.2. The lowest BCUT2D eigenvalue weighted by Crippen LogP contribution is -2.32. The van der Waals surface area contributed by atoms with Gasteiger partial charge in [-0.3, -0.25) is 4.90 Å². The minimum absolute atomic E-state index is 0.322. The molecule has 0 spiro atoms. The van der Waals surface area contributed by atoms with E-state index in [4.69, 9.17) is 9.84 Å². The molecule has 0 aromatic carbocycles. The van der Waals surface area contributed by atoms with Gasteiger partial charge in [0.1, 0.15) is 5.82 Å². The highest BCUT2D eigenvalue weighted by atomic mass is 16.5. The van der Waals surface area contributed by atoms with Gasteiger partial charge in [-0.25, -0.2) is 4.79 Å². The average molecular weight is 206 g/mol. The molecule has 0 aliphatic carbocycles. The van der Waals surface area contributed by atoms with Crippen molar-refractivity contribution in [2.24, 2.45) is 0 Å². The van der Waals surface area contributed by atoms with E-state index >= 15 is 0 Å². The zero-order chi connectivity index (χ0) is 10.8. The van der Waals surface area contributed by atoms with E-state index in [0.717, 1.165) is 5.56 Å². The number of fused-ring (bicyclic) bond motifs is 1. The molecule has 0 saturated heterocycles. The minimum Gasteiger partial charge on any atom is -0.481 e. The maximum absolute atomic E-state index is 10.9. The van der Waals surface area contributed by atoms with Gasteiger partial charge in [-0.05, 0) is 6.07 Å². The van der Waals surface area contributed by atoms with E-state index in [9.17, 15) is 4.79 Å². The standard InChI is InChI=1S/C10H10N2O3/c1-15-8-5-4-7-3-2-6-12(10(13)14)9(7)11-8/h2-5H,6H2,1H3,(H,13,14). The number of nitrogens with zero attached hydrogens (tertiary/aromatic N) is 2. The molecule has 0 fully saturated rings. The number of ether oxygens (including phenoxy) is 1. The second-order valence-electron chi connectivity index (χ2n) is 3.06. The molecule has 78 valence electrons. The van der Waals surface area contributed by atoms with Crippen molar-refractivity contribution in [3.63, 3.8) is 0 Å². The van der Waals surface area contributed by atoms with Crippen LogP contribution >= 0.6 is 0 Å². The van der Waals surface area contributed by atoms with E-state index in [1.54, 1.807) is 18.2 Å². The van der Waals surface area contributed by atoms with Gasteiger partial charge in [0.15, 0.2) is 0 Å². The summed E-state index contributed by atoms with van der Waals surface area (Å²) < 4.78 is 4.95. The third kappa shape index (κ3) is 1.63. The van der Waals surface area contributed by atoms with E-state index in [1.165, 1.54) is 12.0 Å². The summed E-state index contributed by atoms with van der Waals surface area (Å²) >= 11 is 0. The first-order chi connectivity index (χ1) is 7.22. The molecule has 1 aliphatic rings. The molecular weight excluding hydrogens is 196 g/mol. The summed E-state index contributed by atoms with van der Waals surface area (Å²) in [5.41, 5.74) is 0.782. The number of hydrogen-bond donors (Lipinski definition) is 1. The molecule has 1 aliphatic heterocycles. The Morgan fingerprint density at radius 3 is 3.07 bits per heavy atom. The number of pyridine rings is 1. The molecule has 1 amide bonds. The van der Waals surface area contributed by atoms with Crippen LogP contribution in [0.4, 0.5) is 10.6 Å². The Balaban J connectivity index is 2.49. The van der Waals surface area contributed by atoms with Crippen molar-refractivity contribution in [3.8, 4) is 5.88 Å². The first-order valence-electron chi connectivity index (χ1n) is 4.44. The summed E-state index contributed by atoms with van der Waals surface area (Å²) in [6, 6.07) is 3.49. The van der Waals surface area contributed by atoms with Gasteiger partial charge in [0.2, 0.25) is 5.88 Å². The van der Waals surface area contributed by atoms with E-state index in [-0.39, 0.29) is 0 Å². The zero-order valence-corrected chi connectivity index (χ0v) is 8.17. The summed E-state index contributed by atoms with van der Waals surface area (Å²) in [7, 11) is 1.50. The van der Waals surface area contributed by atoms with E-state index in [2.05, 4.69) is 4.98 Å². The molecular formula is C10H10N2O3. The van der Waals surface area contributed by atoms with E-state index < -0.39 is 6.09 Å². The van der Waals surface area contributed by atoms with Crippen LogP contribution in [-0.2, 0) is 0 Å². The molecule has 0 bridgehead atoms. The van der Waals surface area contributed by atoms with Crippen molar-refractivity contribution in [3.05, 3.63) is 23.8 Å². The number of anilines is 1. The molecule has 5 nitrogen and oxygen atoms in total. The van der Waals surface area contributed by atoms with Gasteiger partial charge in [0, 0.05) is 18.2 Å². The van der Waals surface area contributed by atoms with Crippen molar-refractivity contribution in [2.45, 2.75) is 0 Å². The predicted octanol–water partition coefficient (Wildman–Crippen LogP) is 1.60. The summed E-state index contributed by atoms with van der Waals surface area (Å²) in [4.78, 5) is 16.2. The first-order valence-corrected chi connectivity index (χ1v) is 4.44. The molecule has 2 heterocycles. The van der Waals surface area contributed by atoms with Crippen LogP contribution in [0.25, 0.3) is 6.08 Å². The van der Waals surface area contributed by atoms with Crippen molar-refractivity contribution in [1.82, 2.24) is 4.98 Å². The SMILES string of the molecule is COc1ccc2c(n1)N(C(=O)O)CC=C2. The summed E-state index contributed by atoms with van der Waals surface area (Å²) in [6.07, 6.45) is 2.62. The maximum Gasteiger partial charge on any atom is 0.413 e. The molecule has 0 radical (unpaired) electrons. The number of methoxy groups -OCH3 is 1. The van der Waals surface area contributed by atoms with Crippen LogP contribution in [0.3, 0.4) is 0 Å². The summed E-state index contributed by atoms with van der Waals surface area (Å²) in [6.45, 7) is 0.322. The largest absolute Gasteiger partial charge is 0.481 e. The van der Waals surface area contributed by atoms with E-state index in [0.29, 0.717) is 18.2 Å². The maximum atomic E-state index is 10.9. The second kappa shape index (κ2) is 3.61. The number of carboxylic acid groups (broad SMARTS) is 1. The molecule has 0 atom stereocenters. The van der Waals surface area contributed by atoms with Gasteiger partial charge in [-0.2, -0.15) is 4.98 Å². The third-order valence-electron chi connectivity index (χ3n) is 2.16. The molecule has 1 N–H and O–H groups in total. The van der Waals surface area contributed by atoms with Gasteiger partial charge in [-0.1, -0.05) is 12.2 Å². The van der Waals surface area contributed by atoms with Crippen LogP contribution in [0.2, 0.25) is 0 Å². The van der Waals surface area contributed by atoms with Gasteiger partial charge in [0.25, 0.3) is 0 Å². The number of aromatic nitrogens is 1. The van der Waals surface area contributed by atoms with Crippen LogP contribution in [0.5, 0.6) is 5.88 Å². The number of amides is 1. The number of rotatable bonds is 1. The quantitative estimate of drug-likeness (QED) is 0.758. The highest BCUT2D eigenvalue weighted by Crippen LogP contribution is 2.26. The Kier molecular flexibility index (Phi) is 2.29. The molecule has 5 heteroatoms. The summed E-state index contributed by atoms with van der Waals surface area (Å²) in [5.74, 6) is 0.833. The fourth-order valence-corrected chi connectivity index (χ4v) is 1.44. The van der Waals surface area contributed by atoms with Gasteiger partial charge >= 0.3 is 6.09 Å². The minimum atomic E-state index is -1.01. The van der Waals surface area contributed by atoms with Crippen molar-refractivity contribution < 1.29 is 14.6 Å². The monoisotopic (exact) mass is 206 g/mol. The van der Waals surface area contributed by atoms with Crippen LogP contribution in [0.15, 0.2) is 18.2 Å². The van der Waals surface area contributed by atoms with Crippen LogP contribution in [0, 0.1) is 0 Å². The first kappa shape index (κ1) is 9.51. The Bertz CT molecular complexity index is 429. The third-order valence-corrected chi connectivity index (χ3v) is 2.16. The van der Waals surface area contributed by atoms with E-state index in [1.807, 2.05) is 6.08 Å². The van der Waals surface area contributed by atoms with Gasteiger partial charge in [-0.15, -0.1) is 0 Å². The summed E-state index contributed by atoms with van der Waals surface area (Å²) in [5, 5.41) is 8.96. The van der Waals surface area contributed by atoms with Gasteiger partial charge in [0.05, 0.1) is 7.11 Å².